The standard InChI is InChI=1S/C94H127N17O17S/c1-9-10-35-76-93(127)111-44-25-36-74(111)87(121)100-64(51-81(115)116)53-98-82(58(4)5)94(128)108(7)77(48-60-28-16-12-17-29-60)89(123)102-68(34-22-23-42-95)91(125)110-43-24-37-75(110)88(122)105-71(50-63-52-97-67-33-21-20-32-66(63)67)86(120)104-70(46-62-38-40-65(112)41-39-62)85(119)103-69(45-57(2)3)84(118)106-73(83(117)99-54-79(96)113)55-129-56-80(114)101-72(47-59-26-14-11-15-27-59)90(124)109(8)78(92(126)107(76)6)49-61-30-18-13-19-31-61/h11-21,26-33,38-41,52,57-58,64,68-78,82,97-98,112H,9-10,22-25,34-37,42-51,53-56,95H2,1-8H3,(H2,96,113)(H,99,117)(H,100,121)(H,101,114)(H,102,123)(H,103,119)(H,104,120)(H,105,122)(H,106,118)(H,115,116)/t64-,68-,69-,70-,71-,72-,73-,74+,75+,76-,77?,78-,82-/m0/s1. The third kappa shape index (κ3) is 29.1. The van der Waals surface area contributed by atoms with E-state index >= 15 is 47.9 Å². The Morgan fingerprint density at radius 1 is 0.519 bits per heavy atom. The summed E-state index contributed by atoms with van der Waals surface area (Å²) in [5.41, 5.74) is 15.1. The lowest BCUT2D eigenvalue weighted by Crippen LogP contribution is -2.61. The van der Waals surface area contributed by atoms with Crippen molar-refractivity contribution in [1.29, 1.82) is 0 Å². The van der Waals surface area contributed by atoms with E-state index in [0.717, 1.165) is 11.8 Å². The summed E-state index contributed by atoms with van der Waals surface area (Å²) in [5.74, 6) is -13.8. The summed E-state index contributed by atoms with van der Waals surface area (Å²) in [4.78, 5) is 233. The smallest absolute Gasteiger partial charge is 0.305 e. The number of carboxylic acid groups (broad SMARTS) is 1. The van der Waals surface area contributed by atoms with Crippen LogP contribution in [-0.2, 0) is 104 Å². The number of benzene rings is 5. The van der Waals surface area contributed by atoms with Crippen molar-refractivity contribution in [3.8, 4) is 5.75 Å². The minimum atomic E-state index is -1.55. The average Bonchev–Trinajstić information content (AvgIpc) is 1.76. The molecule has 3 aliphatic rings. The quantitative estimate of drug-likeness (QED) is 0.0366. The molecule has 34 nitrogen and oxygen atoms in total. The molecule has 0 bridgehead atoms. The molecule has 13 atom stereocenters. The molecule has 129 heavy (non-hydrogen) atoms. The highest BCUT2D eigenvalue weighted by molar-refractivity contribution is 8.00. The summed E-state index contributed by atoms with van der Waals surface area (Å²) >= 11 is 0.861. The van der Waals surface area contributed by atoms with Gasteiger partial charge < -0.3 is 99.0 Å². The maximum Gasteiger partial charge on any atom is 0.305 e. The normalized spacial score (nSPS) is 24.0. The molecule has 0 spiro atoms. The number of phenolic OH excluding ortho intramolecular Hbond substituents is 1. The van der Waals surface area contributed by atoms with Gasteiger partial charge in [0.1, 0.15) is 72.2 Å². The fourth-order valence-electron chi connectivity index (χ4n) is 16.7. The number of thioether (sulfide) groups is 1. The molecule has 14 amide bonds. The van der Waals surface area contributed by atoms with E-state index in [1.54, 1.807) is 131 Å². The molecule has 6 aromatic rings. The Kier molecular flexibility index (Phi) is 38.5. The van der Waals surface area contributed by atoms with E-state index in [2.05, 4.69) is 52.8 Å². The number of aromatic hydroxyl groups is 1. The van der Waals surface area contributed by atoms with Crippen LogP contribution in [0.25, 0.3) is 10.9 Å². The van der Waals surface area contributed by atoms with Gasteiger partial charge in [-0.05, 0) is 122 Å². The Balaban J connectivity index is 1.11. The minimum Gasteiger partial charge on any atom is -0.508 e. The second-order valence-corrected chi connectivity index (χ2v) is 35.4. The molecule has 5 aromatic carbocycles. The molecule has 696 valence electrons. The van der Waals surface area contributed by atoms with Gasteiger partial charge in [-0.2, -0.15) is 0 Å². The van der Waals surface area contributed by atoms with Crippen LogP contribution in [0.4, 0.5) is 0 Å². The van der Waals surface area contributed by atoms with Crippen LogP contribution in [0.3, 0.4) is 0 Å². The summed E-state index contributed by atoms with van der Waals surface area (Å²) in [6.45, 7) is 8.33. The predicted octanol–water partition coefficient (Wildman–Crippen LogP) is 3.05. The van der Waals surface area contributed by atoms with Crippen LogP contribution >= 0.6 is 11.8 Å². The van der Waals surface area contributed by atoms with Crippen LogP contribution in [0.5, 0.6) is 5.75 Å². The van der Waals surface area contributed by atoms with Crippen molar-refractivity contribution in [2.75, 3.05) is 65.4 Å². The summed E-state index contributed by atoms with van der Waals surface area (Å²) in [6, 6.07) is 22.2. The average molecular weight is 1800 g/mol. The summed E-state index contributed by atoms with van der Waals surface area (Å²) in [6.07, 6.45) is 3.14. The first-order valence-electron chi connectivity index (χ1n) is 44.5. The Morgan fingerprint density at radius 2 is 1.04 bits per heavy atom. The number of hydrogen-bond acceptors (Lipinski definition) is 19. The van der Waals surface area contributed by atoms with Gasteiger partial charge in [-0.25, -0.2) is 0 Å². The van der Waals surface area contributed by atoms with Crippen molar-refractivity contribution in [2.45, 2.75) is 222 Å². The lowest BCUT2D eigenvalue weighted by molar-refractivity contribution is -0.152. The number of aliphatic carboxylic acids is 1. The molecule has 3 aliphatic heterocycles. The number of carboxylic acids is 1. The molecular formula is C94H127N17O17S. The fraction of sp³-hybridized carbons (Fsp3) is 0.500. The van der Waals surface area contributed by atoms with Crippen molar-refractivity contribution < 1.29 is 82.1 Å². The van der Waals surface area contributed by atoms with Gasteiger partial charge in [0.05, 0.1) is 30.8 Å². The van der Waals surface area contributed by atoms with Crippen molar-refractivity contribution in [1.82, 2.24) is 77.3 Å². The molecule has 4 heterocycles. The lowest BCUT2D eigenvalue weighted by atomic mass is 9.98. The van der Waals surface area contributed by atoms with Crippen molar-refractivity contribution in [3.63, 3.8) is 0 Å². The van der Waals surface area contributed by atoms with E-state index in [4.69, 9.17) is 11.5 Å². The topological polar surface area (TPSA) is 489 Å². The molecule has 3 saturated heterocycles. The van der Waals surface area contributed by atoms with Gasteiger partial charge in [0.25, 0.3) is 0 Å². The molecule has 9 rings (SSSR count). The third-order valence-corrected chi connectivity index (χ3v) is 24.8. The molecule has 3 fully saturated rings. The first-order valence-corrected chi connectivity index (χ1v) is 45.7. The summed E-state index contributed by atoms with van der Waals surface area (Å²) < 4.78 is 0. The van der Waals surface area contributed by atoms with Gasteiger partial charge in [0.2, 0.25) is 82.7 Å². The fourth-order valence-corrected chi connectivity index (χ4v) is 17.6. The number of H-pyrrole nitrogens is 1. The number of para-hydroxylation sites is 1. The number of hydrogen-bond donors (Lipinski definition) is 14. The highest BCUT2D eigenvalue weighted by atomic mass is 32.2. The Morgan fingerprint density at radius 3 is 1.63 bits per heavy atom. The summed E-state index contributed by atoms with van der Waals surface area (Å²) in [7, 11) is 4.32. The number of nitrogens with two attached hydrogens (primary N) is 2. The van der Waals surface area contributed by atoms with E-state index in [1.807, 2.05) is 25.1 Å². The first-order chi connectivity index (χ1) is 61.7. The third-order valence-electron chi connectivity index (χ3n) is 23.8. The van der Waals surface area contributed by atoms with E-state index in [0.29, 0.717) is 77.2 Å². The van der Waals surface area contributed by atoms with Gasteiger partial charge in [-0.15, -0.1) is 11.8 Å². The zero-order valence-electron chi connectivity index (χ0n) is 74.8. The van der Waals surface area contributed by atoms with Crippen LogP contribution in [0.1, 0.15) is 139 Å². The largest absolute Gasteiger partial charge is 0.508 e. The van der Waals surface area contributed by atoms with Gasteiger partial charge in [-0.3, -0.25) is 71.9 Å². The lowest BCUT2D eigenvalue weighted by Gasteiger charge is -2.38. The van der Waals surface area contributed by atoms with E-state index in [9.17, 15) is 34.2 Å². The van der Waals surface area contributed by atoms with Gasteiger partial charge >= 0.3 is 5.97 Å². The van der Waals surface area contributed by atoms with E-state index in [-0.39, 0.29) is 108 Å². The van der Waals surface area contributed by atoms with E-state index in [1.165, 1.54) is 69.9 Å². The number of carbonyl (C=O) groups excluding carboxylic acids is 14. The number of nitrogens with one attached hydrogen (secondary N) is 10. The number of primary amides is 1. The van der Waals surface area contributed by atoms with Gasteiger partial charge in [0, 0.05) is 95.7 Å². The van der Waals surface area contributed by atoms with Crippen LogP contribution in [0.2, 0.25) is 0 Å². The van der Waals surface area contributed by atoms with Crippen LogP contribution < -0.4 is 59.3 Å². The maximum absolute atomic E-state index is 15.7. The van der Waals surface area contributed by atoms with Crippen LogP contribution in [-0.4, -0.2) is 272 Å². The van der Waals surface area contributed by atoms with E-state index < -0.39 is 192 Å². The van der Waals surface area contributed by atoms with Gasteiger partial charge in [-0.1, -0.05) is 169 Å². The Hall–Kier alpha value is -12.2. The number of aromatic amines is 1. The highest BCUT2D eigenvalue weighted by Gasteiger charge is 2.46. The second kappa shape index (κ2) is 49.4. The number of aromatic nitrogens is 1. The van der Waals surface area contributed by atoms with Crippen molar-refractivity contribution >= 4 is 111 Å². The number of unbranched alkanes of at least 4 members (excludes halogenated alkanes) is 2. The molecule has 1 unspecified atom stereocenters. The molecular weight excluding hydrogens is 1670 g/mol. The predicted molar refractivity (Wildman–Crippen MR) is 487 cm³/mol. The zero-order valence-corrected chi connectivity index (χ0v) is 75.6. The molecule has 1 aromatic heterocycles. The summed E-state index contributed by atoms with van der Waals surface area (Å²) in [5, 5.41) is 47.1. The van der Waals surface area contributed by atoms with Crippen molar-refractivity contribution in [2.24, 2.45) is 23.3 Å². The zero-order chi connectivity index (χ0) is 93.5. The van der Waals surface area contributed by atoms with Crippen LogP contribution in [0.15, 0.2) is 146 Å². The Bertz CT molecular complexity index is 4830. The number of phenols is 1. The second-order valence-electron chi connectivity index (χ2n) is 34.4. The Labute approximate surface area is 757 Å². The number of amides is 14. The number of rotatable bonds is 25. The molecule has 0 aliphatic carbocycles. The molecule has 0 radical (unpaired) electrons. The maximum atomic E-state index is 15.7. The molecule has 0 saturated carbocycles. The number of fused-ring (bicyclic) bond motifs is 3. The monoisotopic (exact) mass is 1800 g/mol. The first kappa shape index (κ1) is 101. The minimum absolute atomic E-state index is 0.0348. The van der Waals surface area contributed by atoms with Crippen LogP contribution in [0, 0.1) is 11.8 Å². The molecule has 16 N–H and O–H groups in total. The number of carbonyl (C=O) groups is 15. The van der Waals surface area contributed by atoms with Gasteiger partial charge in [0.15, 0.2) is 0 Å². The van der Waals surface area contributed by atoms with Crippen molar-refractivity contribution in [3.05, 3.63) is 174 Å². The highest BCUT2D eigenvalue weighted by Crippen LogP contribution is 2.28. The molecule has 35 heteroatoms. The number of likely N-dealkylation sites (N-methyl/N-ethyl adjacent to an activating group) is 3. The number of nitrogens with zero attached hydrogens (tertiary/aromatic N) is 5. The SMILES string of the molecule is CCCC[C@H]1C(=O)N2CCC[C@@H]2C(=O)N[C@@H](CC(=O)O)CN[C@@H](C(C)C)C(=O)N(C)C(Cc2ccccc2)C(=O)N[C@@H](CCCCN)C(=O)N2CCC[C@@H]2C(=O)N[C@@H](Cc2c[nH]c3ccccc23)C(=O)N[C@@H](Cc2ccc(O)cc2)C(=O)N[C@@H](CC(C)C)C(=O)N[C@H](C(=O)NCC(N)=O)CSCC(=O)N[C@@H](Cc2ccccc2)C(=O)N(C)[C@@H](Cc2ccccc2)C(=O)N1C.